The van der Waals surface area contributed by atoms with E-state index in [4.69, 9.17) is 37.5 Å². The van der Waals surface area contributed by atoms with Crippen molar-refractivity contribution >= 4 is 41.0 Å². The summed E-state index contributed by atoms with van der Waals surface area (Å²) in [4.78, 5) is 16.7. The molecule has 6 nitrogen and oxygen atoms in total. The van der Waals surface area contributed by atoms with E-state index in [1.54, 1.807) is 12.1 Å². The van der Waals surface area contributed by atoms with E-state index >= 15 is 0 Å². The van der Waals surface area contributed by atoms with Crippen LogP contribution in [0.15, 0.2) is 35.5 Å². The van der Waals surface area contributed by atoms with Gasteiger partial charge in [0.15, 0.2) is 18.1 Å². The van der Waals surface area contributed by atoms with Gasteiger partial charge in [-0.15, -0.1) is 0 Å². The van der Waals surface area contributed by atoms with Gasteiger partial charge in [-0.05, 0) is 30.3 Å². The Bertz CT molecular complexity index is 831. The smallest absolute Gasteiger partial charge is 0.265 e. The molecule has 2 aromatic carbocycles. The summed E-state index contributed by atoms with van der Waals surface area (Å²) in [6, 6.07) is 7.09. The highest BCUT2D eigenvalue weighted by Crippen LogP contribution is 2.35. The number of nitrogens with zero attached hydrogens (tertiary/aromatic N) is 1. The van der Waals surface area contributed by atoms with E-state index in [0.717, 1.165) is 6.07 Å². The molecule has 0 bridgehead atoms. The number of hydrogen-bond donors (Lipinski definition) is 1. The van der Waals surface area contributed by atoms with Crippen molar-refractivity contribution in [1.29, 1.82) is 0 Å². The molecule has 0 saturated carbocycles. The maximum atomic E-state index is 13.1. The highest BCUT2D eigenvalue weighted by atomic mass is 35.5. The molecule has 2 rings (SSSR count). The molecule has 1 N–H and O–H groups in total. The lowest BCUT2D eigenvalue weighted by Crippen LogP contribution is -2.17. The first-order valence-corrected chi connectivity index (χ1v) is 8.02. The van der Waals surface area contributed by atoms with Crippen LogP contribution in [0.25, 0.3) is 0 Å². The molecule has 0 heterocycles. The Morgan fingerprint density at radius 2 is 1.96 bits per heavy atom. The monoisotopic (exact) mass is 400 g/mol. The molecule has 0 aliphatic carbocycles. The molecule has 0 aliphatic rings. The largest absolute Gasteiger partial charge is 0.493 e. The minimum atomic E-state index is -0.570. The fourth-order valence-corrected chi connectivity index (χ4v) is 2.45. The predicted octanol–water partition coefficient (Wildman–Crippen LogP) is 4.14. The lowest BCUT2D eigenvalue weighted by Gasteiger charge is -2.09. The molecule has 0 saturated heterocycles. The topological polar surface area (TPSA) is 69.2 Å². The van der Waals surface area contributed by atoms with Crippen LogP contribution >= 0.6 is 23.2 Å². The summed E-state index contributed by atoms with van der Waals surface area (Å²) in [6.45, 7) is -0.341. The summed E-state index contributed by atoms with van der Waals surface area (Å²) >= 11 is 11.7. The Morgan fingerprint density at radius 3 is 2.62 bits per heavy atom. The Labute approximate surface area is 159 Å². The number of halogens is 3. The molecule has 0 unspecified atom stereocenters. The van der Waals surface area contributed by atoms with Crippen molar-refractivity contribution in [3.05, 3.63) is 51.8 Å². The van der Waals surface area contributed by atoms with Gasteiger partial charge in [-0.3, -0.25) is 4.79 Å². The van der Waals surface area contributed by atoms with Gasteiger partial charge in [0, 0.05) is 11.3 Å². The molecule has 0 fully saturated rings. The first-order chi connectivity index (χ1) is 12.4. The third-order valence-electron chi connectivity index (χ3n) is 3.13. The quantitative estimate of drug-likeness (QED) is 0.560. The summed E-state index contributed by atoms with van der Waals surface area (Å²) in [7, 11) is 2.96. The molecular formula is C17H15Cl2FN2O4. The summed E-state index contributed by atoms with van der Waals surface area (Å²) in [5.41, 5.74) is 0.944. The Morgan fingerprint density at radius 1 is 1.19 bits per heavy atom. The van der Waals surface area contributed by atoms with E-state index in [2.05, 4.69) is 10.5 Å². The third kappa shape index (κ3) is 5.24. The van der Waals surface area contributed by atoms with Gasteiger partial charge in [0.1, 0.15) is 5.82 Å². The highest BCUT2D eigenvalue weighted by molar-refractivity contribution is 6.32. The Balaban J connectivity index is 1.91. The fraction of sp³-hybridized carbons (Fsp3) is 0.176. The molecule has 0 spiro atoms. The normalized spacial score (nSPS) is 10.7. The molecule has 1 amide bonds. The van der Waals surface area contributed by atoms with E-state index in [9.17, 15) is 9.18 Å². The zero-order chi connectivity index (χ0) is 19.1. The molecule has 0 aliphatic heterocycles. The second-order valence-electron chi connectivity index (χ2n) is 4.92. The van der Waals surface area contributed by atoms with Gasteiger partial charge >= 0.3 is 0 Å². The van der Waals surface area contributed by atoms with Gasteiger partial charge in [0.05, 0.1) is 30.5 Å². The van der Waals surface area contributed by atoms with Gasteiger partial charge in [-0.1, -0.05) is 28.4 Å². The lowest BCUT2D eigenvalue weighted by molar-refractivity contribution is -0.120. The first-order valence-electron chi connectivity index (χ1n) is 7.26. The van der Waals surface area contributed by atoms with Crippen LogP contribution in [-0.2, 0) is 9.63 Å². The van der Waals surface area contributed by atoms with E-state index in [1.165, 1.54) is 32.6 Å². The van der Waals surface area contributed by atoms with Crippen molar-refractivity contribution in [2.45, 2.75) is 0 Å². The lowest BCUT2D eigenvalue weighted by atomic mass is 10.2. The molecule has 2 aromatic rings. The van der Waals surface area contributed by atoms with Crippen LogP contribution < -0.4 is 14.8 Å². The van der Waals surface area contributed by atoms with Crippen LogP contribution in [-0.4, -0.2) is 32.9 Å². The number of anilines is 1. The molecule has 138 valence electrons. The Hall–Kier alpha value is -2.51. The number of nitrogens with one attached hydrogen (secondary N) is 1. The standard InChI is InChI=1S/C17H15Cl2FN2O4/c1-24-15-6-10(5-13(19)17(15)25-2)8-21-26-9-16(23)22-11-3-4-14(20)12(18)7-11/h3-8H,9H2,1-2H3,(H,22,23)/b21-8+. The van der Waals surface area contributed by atoms with Crippen molar-refractivity contribution in [3.8, 4) is 11.5 Å². The van der Waals surface area contributed by atoms with Crippen molar-refractivity contribution in [3.63, 3.8) is 0 Å². The highest BCUT2D eigenvalue weighted by Gasteiger charge is 2.10. The molecule has 26 heavy (non-hydrogen) atoms. The third-order valence-corrected chi connectivity index (χ3v) is 3.70. The summed E-state index contributed by atoms with van der Waals surface area (Å²) in [6.07, 6.45) is 1.37. The van der Waals surface area contributed by atoms with Gasteiger partial charge < -0.3 is 19.6 Å². The minimum absolute atomic E-state index is 0.0907. The summed E-state index contributed by atoms with van der Waals surface area (Å²) in [5.74, 6) is -0.203. The number of benzene rings is 2. The minimum Gasteiger partial charge on any atom is -0.493 e. The second-order valence-corrected chi connectivity index (χ2v) is 5.74. The van der Waals surface area contributed by atoms with Gasteiger partial charge in [-0.2, -0.15) is 0 Å². The van der Waals surface area contributed by atoms with Gasteiger partial charge in [0.25, 0.3) is 5.91 Å². The number of rotatable bonds is 7. The van der Waals surface area contributed by atoms with Crippen molar-refractivity contribution in [1.82, 2.24) is 0 Å². The maximum absolute atomic E-state index is 13.1. The van der Waals surface area contributed by atoms with Crippen LogP contribution in [0, 0.1) is 5.82 Å². The molecule has 0 atom stereocenters. The van der Waals surface area contributed by atoms with Crippen molar-refractivity contribution in [2.24, 2.45) is 5.16 Å². The van der Waals surface area contributed by atoms with Crippen LogP contribution in [0.2, 0.25) is 10.0 Å². The number of amides is 1. The number of oxime groups is 1. The van der Waals surface area contributed by atoms with E-state index in [1.807, 2.05) is 0 Å². The molecule has 0 aromatic heterocycles. The zero-order valence-electron chi connectivity index (χ0n) is 13.9. The second kappa shape index (κ2) is 9.26. The van der Waals surface area contributed by atoms with E-state index in [-0.39, 0.29) is 11.6 Å². The van der Waals surface area contributed by atoms with E-state index < -0.39 is 11.7 Å². The van der Waals surface area contributed by atoms with Crippen LogP contribution in [0.5, 0.6) is 11.5 Å². The number of carbonyl (C=O) groups excluding carboxylic acids is 1. The maximum Gasteiger partial charge on any atom is 0.265 e. The Kier molecular flexibility index (Phi) is 7.06. The van der Waals surface area contributed by atoms with Crippen LogP contribution in [0.4, 0.5) is 10.1 Å². The van der Waals surface area contributed by atoms with Crippen molar-refractivity contribution < 1.29 is 23.5 Å². The predicted molar refractivity (Wildman–Crippen MR) is 98.1 cm³/mol. The zero-order valence-corrected chi connectivity index (χ0v) is 15.4. The molecular weight excluding hydrogens is 386 g/mol. The first kappa shape index (κ1) is 19.8. The summed E-state index contributed by atoms with van der Waals surface area (Å²) < 4.78 is 23.4. The number of ether oxygens (including phenoxy) is 2. The number of hydrogen-bond acceptors (Lipinski definition) is 5. The van der Waals surface area contributed by atoms with E-state index in [0.29, 0.717) is 27.8 Å². The van der Waals surface area contributed by atoms with Crippen LogP contribution in [0.3, 0.4) is 0 Å². The number of methoxy groups -OCH3 is 2. The molecule has 9 heteroatoms. The molecule has 0 radical (unpaired) electrons. The number of carbonyl (C=O) groups is 1. The van der Waals surface area contributed by atoms with Gasteiger partial charge in [0.2, 0.25) is 0 Å². The summed E-state index contributed by atoms with van der Waals surface area (Å²) in [5, 5.41) is 6.46. The van der Waals surface area contributed by atoms with Gasteiger partial charge in [-0.25, -0.2) is 4.39 Å². The fourth-order valence-electron chi connectivity index (χ4n) is 1.98. The average molecular weight is 401 g/mol. The SMILES string of the molecule is COc1cc(/C=N/OCC(=O)Nc2ccc(F)c(Cl)c2)cc(Cl)c1OC. The average Bonchev–Trinajstić information content (AvgIpc) is 2.61. The van der Waals surface area contributed by atoms with Crippen LogP contribution in [0.1, 0.15) is 5.56 Å². The van der Waals surface area contributed by atoms with Crippen molar-refractivity contribution in [2.75, 3.05) is 26.1 Å².